The van der Waals surface area contributed by atoms with Crippen molar-refractivity contribution in [3.8, 4) is 34.5 Å². The summed E-state index contributed by atoms with van der Waals surface area (Å²) in [6.07, 6.45) is 0. The SMILES string of the molecule is Cc1ccc(Oc2ccc(OCOc3ccc(Oc4ccc(C)cc4)cc3)cc2)cc1. The second-order valence-electron chi connectivity index (χ2n) is 7.18. The van der Waals surface area contributed by atoms with Crippen molar-refractivity contribution in [1.29, 1.82) is 0 Å². The smallest absolute Gasteiger partial charge is 0.230 e. The molecule has 0 fully saturated rings. The van der Waals surface area contributed by atoms with Crippen molar-refractivity contribution in [3.05, 3.63) is 108 Å². The first-order valence-corrected chi connectivity index (χ1v) is 10.1. The van der Waals surface area contributed by atoms with Gasteiger partial charge in [0.15, 0.2) is 0 Å². The van der Waals surface area contributed by atoms with E-state index in [4.69, 9.17) is 18.9 Å². The quantitative estimate of drug-likeness (QED) is 0.284. The molecule has 4 heteroatoms. The summed E-state index contributed by atoms with van der Waals surface area (Å²) in [5.41, 5.74) is 2.40. The summed E-state index contributed by atoms with van der Waals surface area (Å²) in [5.74, 6) is 4.52. The Bertz CT molecular complexity index is 993. The highest BCUT2D eigenvalue weighted by Crippen LogP contribution is 2.26. The summed E-state index contributed by atoms with van der Waals surface area (Å²) in [6, 6.07) is 30.8. The number of hydrogen-bond donors (Lipinski definition) is 0. The third kappa shape index (κ3) is 6.03. The zero-order valence-electron chi connectivity index (χ0n) is 17.6. The first-order chi connectivity index (χ1) is 15.1. The van der Waals surface area contributed by atoms with E-state index in [0.29, 0.717) is 11.5 Å². The molecule has 31 heavy (non-hydrogen) atoms. The highest BCUT2D eigenvalue weighted by Gasteiger charge is 2.01. The predicted molar refractivity (Wildman–Crippen MR) is 122 cm³/mol. The van der Waals surface area contributed by atoms with E-state index in [0.717, 1.165) is 23.0 Å². The number of hydrogen-bond acceptors (Lipinski definition) is 4. The van der Waals surface area contributed by atoms with Gasteiger partial charge >= 0.3 is 0 Å². The van der Waals surface area contributed by atoms with E-state index >= 15 is 0 Å². The molecule has 0 N–H and O–H groups in total. The first-order valence-electron chi connectivity index (χ1n) is 10.1. The van der Waals surface area contributed by atoms with Gasteiger partial charge < -0.3 is 18.9 Å². The molecular formula is C27H24O4. The van der Waals surface area contributed by atoms with E-state index in [1.54, 1.807) is 0 Å². The van der Waals surface area contributed by atoms with Crippen molar-refractivity contribution < 1.29 is 18.9 Å². The molecule has 0 bridgehead atoms. The Labute approximate surface area is 182 Å². The van der Waals surface area contributed by atoms with Gasteiger partial charge in [0.05, 0.1) is 0 Å². The standard InChI is InChI=1S/C27H24O4/c1-20-3-7-24(8-4-20)30-26-15-11-22(12-16-26)28-19-29-23-13-17-27(18-14-23)31-25-9-5-21(2)6-10-25/h3-18H,19H2,1-2H3. The predicted octanol–water partition coefficient (Wildman–Crippen LogP) is 7.30. The maximum atomic E-state index is 5.82. The minimum atomic E-state index is 0.107. The highest BCUT2D eigenvalue weighted by atomic mass is 16.7. The molecule has 0 saturated carbocycles. The Balaban J connectivity index is 1.24. The largest absolute Gasteiger partial charge is 0.457 e. The molecule has 0 saturated heterocycles. The van der Waals surface area contributed by atoms with E-state index in [-0.39, 0.29) is 6.79 Å². The molecule has 4 rings (SSSR count). The van der Waals surface area contributed by atoms with Crippen molar-refractivity contribution in [1.82, 2.24) is 0 Å². The maximum absolute atomic E-state index is 5.82. The van der Waals surface area contributed by atoms with Crippen LogP contribution >= 0.6 is 0 Å². The Morgan fingerprint density at radius 1 is 0.387 bits per heavy atom. The normalized spacial score (nSPS) is 10.4. The highest BCUT2D eigenvalue weighted by molar-refractivity contribution is 5.37. The van der Waals surface area contributed by atoms with Gasteiger partial charge in [-0.3, -0.25) is 0 Å². The second kappa shape index (κ2) is 9.72. The van der Waals surface area contributed by atoms with Gasteiger partial charge in [0.1, 0.15) is 34.5 Å². The fourth-order valence-corrected chi connectivity index (χ4v) is 2.86. The lowest BCUT2D eigenvalue weighted by Gasteiger charge is -2.11. The average Bonchev–Trinajstić information content (AvgIpc) is 2.79. The molecule has 0 heterocycles. The van der Waals surface area contributed by atoms with E-state index in [1.807, 2.05) is 111 Å². The van der Waals surface area contributed by atoms with Crippen LogP contribution in [0.25, 0.3) is 0 Å². The fraction of sp³-hybridized carbons (Fsp3) is 0.111. The molecule has 0 spiro atoms. The Morgan fingerprint density at radius 2 is 0.645 bits per heavy atom. The molecule has 0 aromatic heterocycles. The number of rotatable bonds is 8. The van der Waals surface area contributed by atoms with Crippen molar-refractivity contribution in [2.24, 2.45) is 0 Å². The van der Waals surface area contributed by atoms with Crippen LogP contribution in [-0.2, 0) is 0 Å². The molecule has 0 amide bonds. The summed E-state index contributed by atoms with van der Waals surface area (Å²) in [4.78, 5) is 0. The van der Waals surface area contributed by atoms with Crippen molar-refractivity contribution in [2.75, 3.05) is 6.79 Å². The van der Waals surface area contributed by atoms with Gasteiger partial charge in [-0.15, -0.1) is 0 Å². The average molecular weight is 412 g/mol. The van der Waals surface area contributed by atoms with Gasteiger partial charge in [-0.05, 0) is 86.6 Å². The van der Waals surface area contributed by atoms with Crippen LogP contribution in [-0.4, -0.2) is 6.79 Å². The monoisotopic (exact) mass is 412 g/mol. The molecule has 4 nitrogen and oxygen atoms in total. The lowest BCUT2D eigenvalue weighted by Crippen LogP contribution is -2.05. The van der Waals surface area contributed by atoms with Crippen LogP contribution in [0.3, 0.4) is 0 Å². The van der Waals surface area contributed by atoms with E-state index in [1.165, 1.54) is 11.1 Å². The number of ether oxygens (including phenoxy) is 4. The third-order valence-corrected chi connectivity index (χ3v) is 4.61. The van der Waals surface area contributed by atoms with Crippen LogP contribution in [0.5, 0.6) is 34.5 Å². The summed E-state index contributed by atoms with van der Waals surface area (Å²) in [5, 5.41) is 0. The maximum Gasteiger partial charge on any atom is 0.230 e. The molecule has 156 valence electrons. The minimum Gasteiger partial charge on any atom is -0.457 e. The van der Waals surface area contributed by atoms with Gasteiger partial charge in [-0.1, -0.05) is 35.4 Å². The molecule has 0 atom stereocenters. The number of aryl methyl sites for hydroxylation is 2. The van der Waals surface area contributed by atoms with E-state index in [2.05, 4.69) is 0 Å². The van der Waals surface area contributed by atoms with E-state index < -0.39 is 0 Å². The van der Waals surface area contributed by atoms with Crippen LogP contribution in [0.1, 0.15) is 11.1 Å². The summed E-state index contributed by atoms with van der Waals surface area (Å²) in [7, 11) is 0. The topological polar surface area (TPSA) is 36.9 Å². The minimum absolute atomic E-state index is 0.107. The Hall–Kier alpha value is -3.92. The molecule has 4 aromatic carbocycles. The Kier molecular flexibility index (Phi) is 6.38. The summed E-state index contributed by atoms with van der Waals surface area (Å²) < 4.78 is 23.0. The van der Waals surface area contributed by atoms with Crippen molar-refractivity contribution >= 4 is 0 Å². The number of benzene rings is 4. The fourth-order valence-electron chi connectivity index (χ4n) is 2.86. The first kappa shape index (κ1) is 20.4. The molecule has 0 unspecified atom stereocenters. The third-order valence-electron chi connectivity index (χ3n) is 4.61. The van der Waals surface area contributed by atoms with E-state index in [9.17, 15) is 0 Å². The van der Waals surface area contributed by atoms with Gasteiger partial charge in [-0.2, -0.15) is 0 Å². The van der Waals surface area contributed by atoms with Crippen LogP contribution in [0.4, 0.5) is 0 Å². The van der Waals surface area contributed by atoms with Gasteiger partial charge in [0, 0.05) is 0 Å². The summed E-state index contributed by atoms with van der Waals surface area (Å²) >= 11 is 0. The van der Waals surface area contributed by atoms with Gasteiger partial charge in [0.2, 0.25) is 6.79 Å². The van der Waals surface area contributed by atoms with Crippen molar-refractivity contribution in [2.45, 2.75) is 13.8 Å². The molecular weight excluding hydrogens is 388 g/mol. The van der Waals surface area contributed by atoms with Crippen LogP contribution in [0, 0.1) is 13.8 Å². The molecule has 0 aliphatic carbocycles. The Morgan fingerprint density at radius 3 is 0.968 bits per heavy atom. The van der Waals surface area contributed by atoms with Crippen LogP contribution in [0.2, 0.25) is 0 Å². The molecule has 0 radical (unpaired) electrons. The van der Waals surface area contributed by atoms with Gasteiger partial charge in [0.25, 0.3) is 0 Å². The lowest BCUT2D eigenvalue weighted by atomic mass is 10.2. The summed E-state index contributed by atoms with van der Waals surface area (Å²) in [6.45, 7) is 4.20. The zero-order valence-corrected chi connectivity index (χ0v) is 17.6. The molecule has 0 aliphatic rings. The zero-order chi connectivity index (χ0) is 21.5. The van der Waals surface area contributed by atoms with Crippen LogP contribution in [0.15, 0.2) is 97.1 Å². The lowest BCUT2D eigenvalue weighted by molar-refractivity contribution is 0.119. The second-order valence-corrected chi connectivity index (χ2v) is 7.18. The van der Waals surface area contributed by atoms with Gasteiger partial charge in [-0.25, -0.2) is 0 Å². The van der Waals surface area contributed by atoms with Crippen molar-refractivity contribution in [3.63, 3.8) is 0 Å². The molecule has 4 aromatic rings. The molecule has 0 aliphatic heterocycles. The van der Waals surface area contributed by atoms with Crippen LogP contribution < -0.4 is 18.9 Å².